The Morgan fingerprint density at radius 3 is 2.81 bits per heavy atom. The van der Waals surface area contributed by atoms with Crippen LogP contribution in [0.1, 0.15) is 25.8 Å². The van der Waals surface area contributed by atoms with Crippen LogP contribution in [0.15, 0.2) is 24.3 Å². The number of nitrogens with zero attached hydrogens (tertiary/aromatic N) is 2. The summed E-state index contributed by atoms with van der Waals surface area (Å²) in [6.45, 7) is 7.36. The summed E-state index contributed by atoms with van der Waals surface area (Å²) in [7, 11) is 0. The second kappa shape index (κ2) is 7.48. The highest BCUT2D eigenvalue weighted by atomic mass is 32.2. The lowest BCUT2D eigenvalue weighted by Crippen LogP contribution is -2.41. The summed E-state index contributed by atoms with van der Waals surface area (Å²) in [5.41, 5.74) is 1.25. The molecule has 1 fully saturated rings. The Balaban J connectivity index is 1.80. The van der Waals surface area contributed by atoms with E-state index in [4.69, 9.17) is 5.26 Å². The van der Waals surface area contributed by atoms with Crippen molar-refractivity contribution in [2.45, 2.75) is 30.8 Å². The highest BCUT2D eigenvalue weighted by molar-refractivity contribution is 8.00. The summed E-state index contributed by atoms with van der Waals surface area (Å²) in [5, 5.41) is 13.0. The Labute approximate surface area is 130 Å². The largest absolute Gasteiger partial charge is 0.326 e. The van der Waals surface area contributed by atoms with Crippen molar-refractivity contribution < 1.29 is 4.79 Å². The van der Waals surface area contributed by atoms with Gasteiger partial charge in [0.15, 0.2) is 0 Å². The molecule has 5 heteroatoms. The van der Waals surface area contributed by atoms with Crippen molar-refractivity contribution in [3.8, 4) is 6.07 Å². The predicted molar refractivity (Wildman–Crippen MR) is 87.4 cm³/mol. The summed E-state index contributed by atoms with van der Waals surface area (Å²) in [6, 6.07) is 9.08. The van der Waals surface area contributed by atoms with Gasteiger partial charge in [-0.3, -0.25) is 4.79 Å². The number of thioether (sulfide) groups is 1. The molecule has 1 aliphatic heterocycles. The van der Waals surface area contributed by atoms with Crippen LogP contribution in [0.5, 0.6) is 0 Å². The van der Waals surface area contributed by atoms with Gasteiger partial charge in [0.2, 0.25) is 5.91 Å². The Morgan fingerprint density at radius 1 is 1.43 bits per heavy atom. The van der Waals surface area contributed by atoms with E-state index in [1.54, 1.807) is 24.3 Å². The van der Waals surface area contributed by atoms with Crippen LogP contribution in [0, 0.1) is 11.3 Å². The predicted octanol–water partition coefficient (Wildman–Crippen LogP) is 2.71. The average molecular weight is 303 g/mol. The molecular formula is C16H21N3OS. The molecule has 0 aliphatic carbocycles. The van der Waals surface area contributed by atoms with Gasteiger partial charge >= 0.3 is 0 Å². The maximum atomic E-state index is 12.0. The number of amides is 1. The van der Waals surface area contributed by atoms with Crippen molar-refractivity contribution in [3.63, 3.8) is 0 Å². The Morgan fingerprint density at radius 2 is 2.14 bits per heavy atom. The molecule has 0 spiro atoms. The number of nitrogens with one attached hydrogen (secondary N) is 1. The van der Waals surface area contributed by atoms with Crippen LogP contribution >= 0.6 is 11.8 Å². The maximum absolute atomic E-state index is 12.0. The maximum Gasteiger partial charge on any atom is 0.225 e. The van der Waals surface area contributed by atoms with Gasteiger partial charge in [-0.15, -0.1) is 0 Å². The van der Waals surface area contributed by atoms with Crippen LogP contribution in [0.2, 0.25) is 0 Å². The molecule has 0 aromatic heterocycles. The molecular weight excluding hydrogens is 282 g/mol. The van der Waals surface area contributed by atoms with E-state index in [2.05, 4.69) is 30.1 Å². The Kier molecular flexibility index (Phi) is 5.66. The molecule has 1 aliphatic rings. The SMILES string of the molecule is CC1CN(CCC(=O)Nc2cccc(C#N)c2)CC(C)S1. The van der Waals surface area contributed by atoms with Crippen molar-refractivity contribution in [3.05, 3.63) is 29.8 Å². The van der Waals surface area contributed by atoms with E-state index in [1.807, 2.05) is 11.8 Å². The summed E-state index contributed by atoms with van der Waals surface area (Å²) in [4.78, 5) is 14.4. The topological polar surface area (TPSA) is 56.1 Å². The third-order valence-corrected chi connectivity index (χ3v) is 4.65. The van der Waals surface area contributed by atoms with Gasteiger partial charge in [-0.2, -0.15) is 17.0 Å². The lowest BCUT2D eigenvalue weighted by Gasteiger charge is -2.34. The fourth-order valence-electron chi connectivity index (χ4n) is 2.62. The smallest absolute Gasteiger partial charge is 0.225 e. The molecule has 2 atom stereocenters. The van der Waals surface area contributed by atoms with Gasteiger partial charge in [0.1, 0.15) is 0 Å². The number of hydrogen-bond acceptors (Lipinski definition) is 4. The van der Waals surface area contributed by atoms with Crippen LogP contribution in [0.25, 0.3) is 0 Å². The zero-order valence-corrected chi connectivity index (χ0v) is 13.3. The van der Waals surface area contributed by atoms with Crippen molar-refractivity contribution in [2.24, 2.45) is 0 Å². The molecule has 1 aromatic carbocycles. The first-order valence-electron chi connectivity index (χ1n) is 7.24. The molecule has 1 N–H and O–H groups in total. The standard InChI is InChI=1S/C16H21N3OS/c1-12-10-19(11-13(2)21-12)7-6-16(20)18-15-5-3-4-14(8-15)9-17/h3-5,8,12-13H,6-7,10-11H2,1-2H3,(H,18,20). The quantitative estimate of drug-likeness (QED) is 0.929. The first-order chi connectivity index (χ1) is 10.1. The molecule has 1 saturated heterocycles. The van der Waals surface area contributed by atoms with Crippen molar-refractivity contribution in [1.82, 2.24) is 4.90 Å². The summed E-state index contributed by atoms with van der Waals surface area (Å²) < 4.78 is 0. The van der Waals surface area contributed by atoms with Crippen LogP contribution in [0.3, 0.4) is 0 Å². The molecule has 0 saturated carbocycles. The Bertz CT molecular complexity index is 531. The van der Waals surface area contributed by atoms with E-state index in [9.17, 15) is 4.79 Å². The molecule has 4 nitrogen and oxygen atoms in total. The van der Waals surface area contributed by atoms with Crippen LogP contribution in [0.4, 0.5) is 5.69 Å². The number of anilines is 1. The minimum Gasteiger partial charge on any atom is -0.326 e. The molecule has 2 rings (SSSR count). The highest BCUT2D eigenvalue weighted by Crippen LogP contribution is 2.24. The molecule has 21 heavy (non-hydrogen) atoms. The number of benzene rings is 1. The number of nitriles is 1. The molecule has 0 bridgehead atoms. The Hall–Kier alpha value is -1.51. The second-order valence-electron chi connectivity index (χ2n) is 5.51. The van der Waals surface area contributed by atoms with E-state index in [0.29, 0.717) is 28.2 Å². The van der Waals surface area contributed by atoms with Crippen LogP contribution in [-0.4, -0.2) is 40.9 Å². The number of carbonyl (C=O) groups is 1. The fourth-order valence-corrected chi connectivity index (χ4v) is 4.00. The van der Waals surface area contributed by atoms with Gasteiger partial charge in [-0.1, -0.05) is 19.9 Å². The summed E-state index contributed by atoms with van der Waals surface area (Å²) in [6.07, 6.45) is 0.487. The van der Waals surface area contributed by atoms with E-state index in [1.165, 1.54) is 0 Å². The first-order valence-corrected chi connectivity index (χ1v) is 8.19. The summed E-state index contributed by atoms with van der Waals surface area (Å²) >= 11 is 2.01. The zero-order valence-electron chi connectivity index (χ0n) is 12.5. The third-order valence-electron chi connectivity index (χ3n) is 3.43. The van der Waals surface area contributed by atoms with Gasteiger partial charge in [0, 0.05) is 42.2 Å². The van der Waals surface area contributed by atoms with Gasteiger partial charge in [0.05, 0.1) is 11.6 Å². The van der Waals surface area contributed by atoms with Crippen LogP contribution < -0.4 is 5.32 Å². The van der Waals surface area contributed by atoms with E-state index in [-0.39, 0.29) is 5.91 Å². The molecule has 2 unspecified atom stereocenters. The minimum atomic E-state index is 0.00335. The van der Waals surface area contributed by atoms with Crippen molar-refractivity contribution in [1.29, 1.82) is 5.26 Å². The fraction of sp³-hybridized carbons (Fsp3) is 0.500. The number of carbonyl (C=O) groups excluding carboxylic acids is 1. The average Bonchev–Trinajstić information content (AvgIpc) is 2.44. The second-order valence-corrected chi connectivity index (χ2v) is 7.39. The highest BCUT2D eigenvalue weighted by Gasteiger charge is 2.22. The van der Waals surface area contributed by atoms with Crippen molar-refractivity contribution in [2.75, 3.05) is 25.0 Å². The minimum absolute atomic E-state index is 0.00335. The first kappa shape index (κ1) is 15.9. The number of hydrogen-bond donors (Lipinski definition) is 1. The van der Waals surface area contributed by atoms with Gasteiger partial charge < -0.3 is 10.2 Å². The van der Waals surface area contributed by atoms with E-state index < -0.39 is 0 Å². The van der Waals surface area contributed by atoms with Gasteiger partial charge in [0.25, 0.3) is 0 Å². The monoisotopic (exact) mass is 303 g/mol. The molecule has 1 heterocycles. The van der Waals surface area contributed by atoms with E-state index >= 15 is 0 Å². The van der Waals surface area contributed by atoms with Gasteiger partial charge in [-0.25, -0.2) is 0 Å². The van der Waals surface area contributed by atoms with Crippen molar-refractivity contribution >= 4 is 23.4 Å². The third kappa shape index (κ3) is 5.07. The lowest BCUT2D eigenvalue weighted by atomic mass is 10.2. The van der Waals surface area contributed by atoms with Gasteiger partial charge in [-0.05, 0) is 18.2 Å². The molecule has 1 amide bonds. The lowest BCUT2D eigenvalue weighted by molar-refractivity contribution is -0.116. The normalized spacial score (nSPS) is 22.5. The van der Waals surface area contributed by atoms with E-state index in [0.717, 1.165) is 19.6 Å². The molecule has 1 aromatic rings. The molecule has 112 valence electrons. The number of rotatable bonds is 4. The van der Waals surface area contributed by atoms with Crippen LogP contribution in [-0.2, 0) is 4.79 Å². The summed E-state index contributed by atoms with van der Waals surface area (Å²) in [5.74, 6) is 0.00335. The molecule has 0 radical (unpaired) electrons. The zero-order chi connectivity index (χ0) is 15.2.